The molecular formula is C17H17Cl2N. The molecule has 1 heterocycles. The van der Waals surface area contributed by atoms with Gasteiger partial charge in [0.25, 0.3) is 0 Å². The molecule has 0 saturated carbocycles. The molecule has 0 radical (unpaired) electrons. The van der Waals surface area contributed by atoms with E-state index in [-0.39, 0.29) is 0 Å². The molecule has 0 spiro atoms. The molecule has 1 nitrogen and oxygen atoms in total. The Morgan fingerprint density at radius 3 is 2.65 bits per heavy atom. The van der Waals surface area contributed by atoms with Crippen molar-refractivity contribution < 1.29 is 0 Å². The van der Waals surface area contributed by atoms with Crippen LogP contribution in [-0.4, -0.2) is 6.54 Å². The molecule has 0 aromatic heterocycles. The van der Waals surface area contributed by atoms with Crippen molar-refractivity contribution in [3.63, 3.8) is 0 Å². The van der Waals surface area contributed by atoms with E-state index in [1.165, 1.54) is 16.8 Å². The van der Waals surface area contributed by atoms with E-state index in [1.807, 2.05) is 18.2 Å². The van der Waals surface area contributed by atoms with E-state index < -0.39 is 0 Å². The lowest BCUT2D eigenvalue weighted by atomic mass is 10.0. The molecule has 3 rings (SSSR count). The lowest BCUT2D eigenvalue weighted by Gasteiger charge is -2.25. The third-order valence-corrected chi connectivity index (χ3v) is 4.41. The minimum absolute atomic E-state index is 0.519. The first-order chi connectivity index (χ1) is 9.78. The zero-order valence-electron chi connectivity index (χ0n) is 11.3. The molecule has 0 bridgehead atoms. The molecule has 0 amide bonds. The second kappa shape index (κ2) is 6.07. The highest BCUT2D eigenvalue weighted by molar-refractivity contribution is 6.31. The van der Waals surface area contributed by atoms with Crippen LogP contribution in [0, 0.1) is 0 Å². The summed E-state index contributed by atoms with van der Waals surface area (Å²) in [6.45, 7) is 1.97. The van der Waals surface area contributed by atoms with Gasteiger partial charge in [-0.25, -0.2) is 0 Å². The first-order valence-corrected chi connectivity index (χ1v) is 7.85. The lowest BCUT2D eigenvalue weighted by molar-refractivity contribution is 0.763. The normalized spacial score (nSPS) is 14.8. The number of rotatable bonds is 2. The van der Waals surface area contributed by atoms with E-state index in [4.69, 9.17) is 23.2 Å². The first kappa shape index (κ1) is 13.8. The van der Waals surface area contributed by atoms with Crippen LogP contribution in [0.3, 0.4) is 0 Å². The summed E-state index contributed by atoms with van der Waals surface area (Å²) in [6, 6.07) is 14.7. The minimum Gasteiger partial charge on any atom is -0.367 e. The summed E-state index contributed by atoms with van der Waals surface area (Å²) in [4.78, 5) is 2.40. The molecule has 3 heteroatoms. The Morgan fingerprint density at radius 1 is 1.05 bits per heavy atom. The monoisotopic (exact) mass is 305 g/mol. The van der Waals surface area contributed by atoms with E-state index >= 15 is 0 Å². The van der Waals surface area contributed by atoms with Gasteiger partial charge >= 0.3 is 0 Å². The van der Waals surface area contributed by atoms with Crippen molar-refractivity contribution in [2.75, 3.05) is 11.4 Å². The maximum atomic E-state index is 6.16. The maximum Gasteiger partial charge on any atom is 0.0494 e. The zero-order chi connectivity index (χ0) is 13.9. The van der Waals surface area contributed by atoms with E-state index in [1.54, 1.807) is 0 Å². The molecule has 104 valence electrons. The molecule has 0 N–H and O–H groups in total. The molecule has 2 aromatic carbocycles. The highest BCUT2D eigenvalue weighted by atomic mass is 35.5. The van der Waals surface area contributed by atoms with Crippen molar-refractivity contribution in [2.24, 2.45) is 0 Å². The second-order valence-electron chi connectivity index (χ2n) is 5.20. The number of hydrogen-bond acceptors (Lipinski definition) is 1. The summed E-state index contributed by atoms with van der Waals surface area (Å²) in [5, 5.41) is 0.770. The fraction of sp³-hybridized carbons (Fsp3) is 0.294. The number of fused-ring (bicyclic) bond motifs is 1. The number of anilines is 1. The summed E-state index contributed by atoms with van der Waals surface area (Å²) in [5.74, 6) is 0.519. The summed E-state index contributed by atoms with van der Waals surface area (Å²) in [7, 11) is 0. The molecule has 1 aliphatic heterocycles. The van der Waals surface area contributed by atoms with Crippen molar-refractivity contribution in [1.82, 2.24) is 0 Å². The van der Waals surface area contributed by atoms with Crippen LogP contribution in [0.25, 0.3) is 0 Å². The highest BCUT2D eigenvalue weighted by Gasteiger charge is 2.17. The van der Waals surface area contributed by atoms with Crippen LogP contribution in [0.5, 0.6) is 0 Å². The molecule has 20 heavy (non-hydrogen) atoms. The van der Waals surface area contributed by atoms with Crippen molar-refractivity contribution in [2.45, 2.75) is 25.3 Å². The van der Waals surface area contributed by atoms with Crippen molar-refractivity contribution in [1.29, 1.82) is 0 Å². The van der Waals surface area contributed by atoms with Gasteiger partial charge in [-0.05, 0) is 41.7 Å². The average Bonchev–Trinajstić information content (AvgIpc) is 2.69. The van der Waals surface area contributed by atoms with Gasteiger partial charge < -0.3 is 4.90 Å². The molecule has 2 aromatic rings. The molecule has 0 atom stereocenters. The Hall–Kier alpha value is -1.18. The number of alkyl halides is 1. The van der Waals surface area contributed by atoms with Crippen LogP contribution in [0.4, 0.5) is 5.69 Å². The van der Waals surface area contributed by atoms with Gasteiger partial charge in [0, 0.05) is 29.7 Å². The summed E-state index contributed by atoms with van der Waals surface area (Å²) in [6.07, 6.45) is 2.30. The molecular weight excluding hydrogens is 289 g/mol. The molecule has 0 unspecified atom stereocenters. The quantitative estimate of drug-likeness (QED) is 0.703. The zero-order valence-corrected chi connectivity index (χ0v) is 12.8. The summed E-state index contributed by atoms with van der Waals surface area (Å²) in [5.41, 5.74) is 5.19. The third kappa shape index (κ3) is 2.79. The molecule has 0 aliphatic carbocycles. The van der Waals surface area contributed by atoms with Gasteiger partial charge in [-0.15, -0.1) is 11.6 Å². The standard InChI is InChI=1S/C17H17Cl2N/c18-11-14-7-8-16(19)10-17(14)20-9-3-6-13-4-1-2-5-15(13)12-20/h1-2,4-5,7-8,10H,3,6,9,11-12H2. The fourth-order valence-electron chi connectivity index (χ4n) is 2.85. The number of nitrogens with zero attached hydrogens (tertiary/aromatic N) is 1. The second-order valence-corrected chi connectivity index (χ2v) is 5.90. The van der Waals surface area contributed by atoms with Crippen LogP contribution in [-0.2, 0) is 18.8 Å². The first-order valence-electron chi connectivity index (χ1n) is 6.94. The van der Waals surface area contributed by atoms with Gasteiger partial charge in [-0.1, -0.05) is 41.9 Å². The van der Waals surface area contributed by atoms with E-state index in [0.29, 0.717) is 5.88 Å². The van der Waals surface area contributed by atoms with Crippen molar-refractivity contribution in [3.05, 3.63) is 64.2 Å². The molecule has 1 aliphatic rings. The predicted octanol–water partition coefficient (Wildman–Crippen LogP) is 5.03. The molecule has 0 saturated heterocycles. The Labute approximate surface area is 130 Å². The Balaban J connectivity index is 1.97. The van der Waals surface area contributed by atoms with Gasteiger partial charge in [-0.2, -0.15) is 0 Å². The van der Waals surface area contributed by atoms with Crippen LogP contribution in [0.15, 0.2) is 42.5 Å². The number of benzene rings is 2. The Kier molecular flexibility index (Phi) is 4.18. The predicted molar refractivity (Wildman–Crippen MR) is 86.8 cm³/mol. The smallest absolute Gasteiger partial charge is 0.0494 e. The van der Waals surface area contributed by atoms with Gasteiger partial charge in [0.1, 0.15) is 0 Å². The minimum atomic E-state index is 0.519. The van der Waals surface area contributed by atoms with E-state index in [2.05, 4.69) is 29.2 Å². The largest absolute Gasteiger partial charge is 0.367 e. The average molecular weight is 306 g/mol. The topological polar surface area (TPSA) is 3.24 Å². The Bertz CT molecular complexity index is 610. The van der Waals surface area contributed by atoms with Gasteiger partial charge in [0.15, 0.2) is 0 Å². The van der Waals surface area contributed by atoms with E-state index in [9.17, 15) is 0 Å². The van der Waals surface area contributed by atoms with Crippen LogP contribution in [0.1, 0.15) is 23.1 Å². The molecule has 0 fully saturated rings. The van der Waals surface area contributed by atoms with Crippen LogP contribution >= 0.6 is 23.2 Å². The van der Waals surface area contributed by atoms with E-state index in [0.717, 1.165) is 36.5 Å². The van der Waals surface area contributed by atoms with Crippen LogP contribution in [0.2, 0.25) is 5.02 Å². The lowest BCUT2D eigenvalue weighted by Crippen LogP contribution is -2.23. The van der Waals surface area contributed by atoms with Gasteiger partial charge in [0.2, 0.25) is 0 Å². The summed E-state index contributed by atoms with van der Waals surface area (Å²) < 4.78 is 0. The highest BCUT2D eigenvalue weighted by Crippen LogP contribution is 2.30. The number of halogens is 2. The Morgan fingerprint density at radius 2 is 1.85 bits per heavy atom. The van der Waals surface area contributed by atoms with Gasteiger partial charge in [0.05, 0.1) is 0 Å². The third-order valence-electron chi connectivity index (χ3n) is 3.89. The van der Waals surface area contributed by atoms with Crippen LogP contribution < -0.4 is 4.90 Å². The number of hydrogen-bond donors (Lipinski definition) is 0. The van der Waals surface area contributed by atoms with Crippen molar-refractivity contribution >= 4 is 28.9 Å². The SMILES string of the molecule is ClCc1ccc(Cl)cc1N1CCCc2ccccc2C1. The van der Waals surface area contributed by atoms with Gasteiger partial charge in [-0.3, -0.25) is 0 Å². The number of aryl methyl sites for hydroxylation is 1. The maximum absolute atomic E-state index is 6.16. The summed E-state index contributed by atoms with van der Waals surface area (Å²) >= 11 is 12.2. The fourth-order valence-corrected chi connectivity index (χ4v) is 3.24. The van der Waals surface area contributed by atoms with Crippen molar-refractivity contribution in [3.8, 4) is 0 Å².